The predicted molar refractivity (Wildman–Crippen MR) is 94.5 cm³/mol. The van der Waals surface area contributed by atoms with Crippen molar-refractivity contribution in [2.24, 2.45) is 0 Å². The van der Waals surface area contributed by atoms with Gasteiger partial charge in [-0.3, -0.25) is 9.78 Å². The number of H-pyrrole nitrogens is 2. The number of rotatable bonds is 9. The molecule has 1 heterocycles. The van der Waals surface area contributed by atoms with Crippen molar-refractivity contribution in [1.82, 2.24) is 9.97 Å². The molecule has 1 aromatic carbocycles. The van der Waals surface area contributed by atoms with E-state index in [9.17, 15) is 9.59 Å². The number of hydrogen-bond donors (Lipinski definition) is 3. The van der Waals surface area contributed by atoms with Gasteiger partial charge in [0, 0.05) is 11.9 Å². The molecule has 0 saturated heterocycles. The molecule has 0 spiro atoms. The van der Waals surface area contributed by atoms with Crippen molar-refractivity contribution < 1.29 is 0 Å². The van der Waals surface area contributed by atoms with E-state index in [1.54, 1.807) is 0 Å². The Morgan fingerprint density at radius 2 is 1.65 bits per heavy atom. The van der Waals surface area contributed by atoms with Crippen molar-refractivity contribution >= 4 is 11.4 Å². The molecule has 5 nitrogen and oxygen atoms in total. The highest BCUT2D eigenvalue weighted by molar-refractivity contribution is 5.57. The molecule has 0 bridgehead atoms. The van der Waals surface area contributed by atoms with Crippen LogP contribution in [0.15, 0.2) is 40.1 Å². The van der Waals surface area contributed by atoms with E-state index in [-0.39, 0.29) is 0 Å². The smallest absolute Gasteiger partial charge is 0.325 e. The maximum absolute atomic E-state index is 11.6. The highest BCUT2D eigenvalue weighted by Gasteiger charge is 2.01. The largest absolute Gasteiger partial charge is 0.350 e. The second kappa shape index (κ2) is 8.98. The summed E-state index contributed by atoms with van der Waals surface area (Å²) in [6.07, 6.45) is 10.3. The zero-order chi connectivity index (χ0) is 16.5. The van der Waals surface area contributed by atoms with Crippen LogP contribution in [0.25, 0.3) is 0 Å². The summed E-state index contributed by atoms with van der Waals surface area (Å²) in [6.45, 7) is 2.23. The van der Waals surface area contributed by atoms with Gasteiger partial charge in [0.15, 0.2) is 0 Å². The van der Waals surface area contributed by atoms with E-state index >= 15 is 0 Å². The third kappa shape index (κ3) is 5.77. The molecule has 2 rings (SSSR count). The van der Waals surface area contributed by atoms with Crippen LogP contribution >= 0.6 is 0 Å². The van der Waals surface area contributed by atoms with Gasteiger partial charge in [-0.25, -0.2) is 4.79 Å². The van der Waals surface area contributed by atoms with Gasteiger partial charge < -0.3 is 10.3 Å². The summed E-state index contributed by atoms with van der Waals surface area (Å²) in [5.41, 5.74) is 1.53. The Kier molecular flexibility index (Phi) is 6.66. The Bertz CT molecular complexity index is 701. The second-order valence-corrected chi connectivity index (χ2v) is 5.83. The third-order valence-corrected chi connectivity index (χ3v) is 3.87. The first kappa shape index (κ1) is 17.1. The average Bonchev–Trinajstić information content (AvgIpc) is 2.55. The minimum absolute atomic E-state index is 0.327. The van der Waals surface area contributed by atoms with Gasteiger partial charge in [0.1, 0.15) is 5.69 Å². The van der Waals surface area contributed by atoms with Crippen LogP contribution in [0.4, 0.5) is 11.4 Å². The Morgan fingerprint density at radius 1 is 0.957 bits per heavy atom. The van der Waals surface area contributed by atoms with E-state index in [4.69, 9.17) is 0 Å². The van der Waals surface area contributed by atoms with Crippen LogP contribution in [0.3, 0.4) is 0 Å². The first-order chi connectivity index (χ1) is 11.2. The first-order valence-electron chi connectivity index (χ1n) is 8.37. The minimum Gasteiger partial charge on any atom is -0.350 e. The van der Waals surface area contributed by atoms with Crippen molar-refractivity contribution in [2.75, 3.05) is 5.32 Å². The van der Waals surface area contributed by atoms with Crippen LogP contribution in [0.2, 0.25) is 0 Å². The lowest BCUT2D eigenvalue weighted by Gasteiger charge is -2.07. The molecule has 0 aliphatic carbocycles. The number of aromatic nitrogens is 2. The van der Waals surface area contributed by atoms with Crippen LogP contribution in [-0.4, -0.2) is 9.97 Å². The van der Waals surface area contributed by atoms with Crippen LogP contribution in [-0.2, 0) is 6.42 Å². The van der Waals surface area contributed by atoms with Crippen LogP contribution in [0, 0.1) is 0 Å². The van der Waals surface area contributed by atoms with Crippen molar-refractivity contribution in [3.8, 4) is 0 Å². The Morgan fingerprint density at radius 3 is 2.35 bits per heavy atom. The lowest BCUT2D eigenvalue weighted by atomic mass is 10.0. The van der Waals surface area contributed by atoms with Gasteiger partial charge in [-0.05, 0) is 30.5 Å². The number of benzene rings is 1. The van der Waals surface area contributed by atoms with E-state index in [1.807, 2.05) is 12.1 Å². The molecule has 0 aliphatic rings. The van der Waals surface area contributed by atoms with Crippen LogP contribution in [0.1, 0.15) is 51.0 Å². The van der Waals surface area contributed by atoms with E-state index < -0.39 is 11.2 Å². The Balaban J connectivity index is 1.82. The quantitative estimate of drug-likeness (QED) is 0.617. The third-order valence-electron chi connectivity index (χ3n) is 3.87. The molecule has 124 valence electrons. The first-order valence-corrected chi connectivity index (χ1v) is 8.37. The Labute approximate surface area is 136 Å². The molecule has 5 heteroatoms. The van der Waals surface area contributed by atoms with Crippen molar-refractivity contribution in [2.45, 2.75) is 51.9 Å². The van der Waals surface area contributed by atoms with Gasteiger partial charge in [0.05, 0.1) is 0 Å². The minimum atomic E-state index is -0.505. The molecule has 3 N–H and O–H groups in total. The highest BCUT2D eigenvalue weighted by atomic mass is 16.2. The number of aromatic amines is 2. The summed E-state index contributed by atoms with van der Waals surface area (Å²) in [4.78, 5) is 27.2. The fraction of sp³-hybridized carbons (Fsp3) is 0.444. The van der Waals surface area contributed by atoms with Gasteiger partial charge in [-0.15, -0.1) is 0 Å². The fourth-order valence-corrected chi connectivity index (χ4v) is 2.52. The lowest BCUT2D eigenvalue weighted by molar-refractivity contribution is 0.607. The van der Waals surface area contributed by atoms with Gasteiger partial charge in [0.25, 0.3) is 5.56 Å². The van der Waals surface area contributed by atoms with E-state index in [2.05, 4.69) is 34.3 Å². The van der Waals surface area contributed by atoms with Crippen molar-refractivity contribution in [3.05, 3.63) is 56.9 Å². The van der Waals surface area contributed by atoms with Crippen LogP contribution < -0.4 is 16.6 Å². The summed E-state index contributed by atoms with van der Waals surface area (Å²) in [6, 6.07) is 8.07. The average molecular weight is 315 g/mol. The lowest BCUT2D eigenvalue weighted by Crippen LogP contribution is -2.23. The molecule has 0 aliphatic heterocycles. The Hall–Kier alpha value is -2.30. The molecule has 2 aromatic rings. The van der Waals surface area contributed by atoms with Gasteiger partial charge in [-0.2, -0.15) is 0 Å². The maximum Gasteiger partial charge on any atom is 0.325 e. The monoisotopic (exact) mass is 315 g/mol. The molecular weight excluding hydrogens is 290 g/mol. The van der Waals surface area contributed by atoms with Crippen molar-refractivity contribution in [1.29, 1.82) is 0 Å². The van der Waals surface area contributed by atoms with Gasteiger partial charge in [0.2, 0.25) is 0 Å². The van der Waals surface area contributed by atoms with Crippen LogP contribution in [0.5, 0.6) is 0 Å². The summed E-state index contributed by atoms with van der Waals surface area (Å²) < 4.78 is 0. The summed E-state index contributed by atoms with van der Waals surface area (Å²) in [7, 11) is 0. The summed E-state index contributed by atoms with van der Waals surface area (Å²) in [5.74, 6) is 0. The highest BCUT2D eigenvalue weighted by Crippen LogP contribution is 2.15. The molecule has 23 heavy (non-hydrogen) atoms. The number of aryl methyl sites for hydroxylation is 1. The second-order valence-electron chi connectivity index (χ2n) is 5.83. The molecule has 0 saturated carbocycles. The summed E-state index contributed by atoms with van der Waals surface area (Å²) in [5, 5.41) is 3.00. The SMILES string of the molecule is CCCCCCCCc1ccc(Nc2c[nH]c(=O)[nH]c2=O)cc1. The number of unbranched alkanes of at least 4 members (excludes halogenated alkanes) is 5. The zero-order valence-electron chi connectivity index (χ0n) is 13.7. The van der Waals surface area contributed by atoms with Gasteiger partial charge >= 0.3 is 5.69 Å². The molecule has 0 unspecified atom stereocenters. The van der Waals surface area contributed by atoms with E-state index in [0.717, 1.165) is 12.1 Å². The number of nitrogens with one attached hydrogen (secondary N) is 3. The molecule has 0 fully saturated rings. The van der Waals surface area contributed by atoms with Gasteiger partial charge in [-0.1, -0.05) is 51.2 Å². The van der Waals surface area contributed by atoms with E-state index in [0.29, 0.717) is 5.69 Å². The molecule has 0 radical (unpaired) electrons. The molecule has 1 aromatic heterocycles. The number of hydrogen-bond acceptors (Lipinski definition) is 3. The zero-order valence-corrected chi connectivity index (χ0v) is 13.7. The van der Waals surface area contributed by atoms with E-state index in [1.165, 1.54) is 50.3 Å². The molecule has 0 amide bonds. The normalized spacial score (nSPS) is 10.7. The fourth-order valence-electron chi connectivity index (χ4n) is 2.52. The summed E-state index contributed by atoms with van der Waals surface area (Å²) >= 11 is 0. The topological polar surface area (TPSA) is 77.8 Å². The molecular formula is C18H25N3O2. The van der Waals surface area contributed by atoms with Crippen molar-refractivity contribution in [3.63, 3.8) is 0 Å². The maximum atomic E-state index is 11.6. The predicted octanol–water partition coefficient (Wildman–Crippen LogP) is 3.71. The standard InChI is InChI=1S/C18H25N3O2/c1-2-3-4-5-6-7-8-14-9-11-15(12-10-14)20-16-13-19-18(23)21-17(16)22/h9-13,20H,2-8H2,1H3,(H2,19,21,22,23). The number of anilines is 2. The molecule has 0 atom stereocenters.